The molecule has 1 saturated heterocycles. The maximum Gasteiger partial charge on any atom is 0.0612 e. The van der Waals surface area contributed by atoms with Crippen LogP contribution in [0.4, 0.5) is 0 Å². The van der Waals surface area contributed by atoms with Crippen molar-refractivity contribution >= 4 is 0 Å². The van der Waals surface area contributed by atoms with Crippen LogP contribution in [-0.2, 0) is 6.54 Å². The minimum Gasteiger partial charge on any atom is -0.394 e. The second-order valence-corrected chi connectivity index (χ2v) is 4.67. The molecule has 2 heteroatoms. The number of aliphatic hydroxyl groups excluding tert-OH is 1. The normalized spacial score (nSPS) is 27.1. The number of hydrogen-bond acceptors (Lipinski definition) is 2. The zero-order chi connectivity index (χ0) is 10.7. The Morgan fingerprint density at radius 2 is 2.07 bits per heavy atom. The van der Waals surface area contributed by atoms with E-state index >= 15 is 0 Å². The average molecular weight is 205 g/mol. The van der Waals surface area contributed by atoms with Crippen molar-refractivity contribution in [1.82, 2.24) is 4.90 Å². The van der Waals surface area contributed by atoms with Crippen molar-refractivity contribution in [2.75, 3.05) is 13.2 Å². The van der Waals surface area contributed by atoms with E-state index in [9.17, 15) is 5.11 Å². The summed E-state index contributed by atoms with van der Waals surface area (Å²) in [6, 6.07) is 10.5. The van der Waals surface area contributed by atoms with Gasteiger partial charge >= 0.3 is 0 Å². The molecule has 0 aliphatic carbocycles. The molecule has 1 atom stereocenters. The zero-order valence-electron chi connectivity index (χ0n) is 9.32. The Hall–Kier alpha value is -0.860. The van der Waals surface area contributed by atoms with Gasteiger partial charge in [0.05, 0.1) is 6.61 Å². The Balaban J connectivity index is 2.06. The van der Waals surface area contributed by atoms with E-state index in [0.29, 0.717) is 0 Å². The lowest BCUT2D eigenvalue weighted by Crippen LogP contribution is -2.43. The Morgan fingerprint density at radius 1 is 1.33 bits per heavy atom. The van der Waals surface area contributed by atoms with E-state index < -0.39 is 0 Å². The van der Waals surface area contributed by atoms with Gasteiger partial charge in [-0.3, -0.25) is 4.90 Å². The molecule has 1 aromatic carbocycles. The lowest BCUT2D eigenvalue weighted by molar-refractivity contribution is 0.0734. The summed E-state index contributed by atoms with van der Waals surface area (Å²) < 4.78 is 0. The summed E-state index contributed by atoms with van der Waals surface area (Å²) in [7, 11) is 0. The SMILES string of the molecule is CC1(CO)CCCN1Cc1ccccc1. The van der Waals surface area contributed by atoms with Crippen LogP contribution in [0.15, 0.2) is 30.3 Å². The Bertz CT molecular complexity index is 312. The zero-order valence-corrected chi connectivity index (χ0v) is 9.32. The fraction of sp³-hybridized carbons (Fsp3) is 0.538. The van der Waals surface area contributed by atoms with Gasteiger partial charge < -0.3 is 5.11 Å². The van der Waals surface area contributed by atoms with Crippen molar-refractivity contribution in [2.24, 2.45) is 0 Å². The smallest absolute Gasteiger partial charge is 0.0612 e. The van der Waals surface area contributed by atoms with Gasteiger partial charge in [-0.15, -0.1) is 0 Å². The molecule has 15 heavy (non-hydrogen) atoms. The molecule has 1 N–H and O–H groups in total. The second-order valence-electron chi connectivity index (χ2n) is 4.67. The van der Waals surface area contributed by atoms with E-state index in [1.165, 1.54) is 12.0 Å². The van der Waals surface area contributed by atoms with Crippen molar-refractivity contribution in [3.05, 3.63) is 35.9 Å². The molecule has 82 valence electrons. The molecule has 2 rings (SSSR count). The minimum absolute atomic E-state index is 0.00413. The number of benzene rings is 1. The first-order chi connectivity index (χ1) is 7.24. The molecular weight excluding hydrogens is 186 g/mol. The van der Waals surface area contributed by atoms with Crippen molar-refractivity contribution in [2.45, 2.75) is 31.8 Å². The molecule has 0 aromatic heterocycles. The third-order valence-electron chi connectivity index (χ3n) is 3.46. The van der Waals surface area contributed by atoms with Crippen LogP contribution < -0.4 is 0 Å². The van der Waals surface area contributed by atoms with Crippen molar-refractivity contribution in [3.63, 3.8) is 0 Å². The Labute approximate surface area is 91.5 Å². The molecule has 2 nitrogen and oxygen atoms in total. The summed E-state index contributed by atoms with van der Waals surface area (Å²) in [5.74, 6) is 0. The van der Waals surface area contributed by atoms with Gasteiger partial charge in [0, 0.05) is 12.1 Å². The standard InChI is InChI=1S/C13H19NO/c1-13(11-15)8-5-9-14(13)10-12-6-3-2-4-7-12/h2-4,6-7,15H,5,8-11H2,1H3. The quantitative estimate of drug-likeness (QED) is 0.816. The van der Waals surface area contributed by atoms with Crippen LogP contribution in [-0.4, -0.2) is 28.7 Å². The largest absolute Gasteiger partial charge is 0.394 e. The fourth-order valence-electron chi connectivity index (χ4n) is 2.33. The summed E-state index contributed by atoms with van der Waals surface area (Å²) in [6.45, 7) is 4.48. The predicted molar refractivity (Wildman–Crippen MR) is 61.6 cm³/mol. The van der Waals surface area contributed by atoms with Gasteiger partial charge in [-0.05, 0) is 31.9 Å². The summed E-state index contributed by atoms with van der Waals surface area (Å²) in [5, 5.41) is 9.43. The predicted octanol–water partition coefficient (Wildman–Crippen LogP) is 2.03. The molecule has 1 aliphatic heterocycles. The number of rotatable bonds is 3. The highest BCUT2D eigenvalue weighted by atomic mass is 16.3. The van der Waals surface area contributed by atoms with E-state index in [1.54, 1.807) is 0 Å². The van der Waals surface area contributed by atoms with Gasteiger partial charge in [0.1, 0.15) is 0 Å². The van der Waals surface area contributed by atoms with Gasteiger partial charge in [-0.25, -0.2) is 0 Å². The molecular formula is C13H19NO. The van der Waals surface area contributed by atoms with Gasteiger partial charge in [-0.2, -0.15) is 0 Å². The molecule has 1 heterocycles. The first-order valence-electron chi connectivity index (χ1n) is 5.64. The van der Waals surface area contributed by atoms with E-state index in [-0.39, 0.29) is 12.1 Å². The fourth-order valence-corrected chi connectivity index (χ4v) is 2.33. The summed E-state index contributed by atoms with van der Waals surface area (Å²) in [6.07, 6.45) is 2.31. The monoisotopic (exact) mass is 205 g/mol. The van der Waals surface area contributed by atoms with Crippen LogP contribution >= 0.6 is 0 Å². The van der Waals surface area contributed by atoms with Crippen LogP contribution in [0.25, 0.3) is 0 Å². The van der Waals surface area contributed by atoms with Gasteiger partial charge in [0.25, 0.3) is 0 Å². The van der Waals surface area contributed by atoms with Crippen molar-refractivity contribution in [3.8, 4) is 0 Å². The third-order valence-corrected chi connectivity index (χ3v) is 3.46. The van der Waals surface area contributed by atoms with Crippen LogP contribution in [0.2, 0.25) is 0 Å². The molecule has 0 saturated carbocycles. The number of nitrogens with zero attached hydrogens (tertiary/aromatic N) is 1. The maximum absolute atomic E-state index is 9.43. The summed E-state index contributed by atoms with van der Waals surface area (Å²) in [4.78, 5) is 2.39. The second kappa shape index (κ2) is 4.33. The molecule has 0 spiro atoms. The van der Waals surface area contributed by atoms with E-state index in [4.69, 9.17) is 0 Å². The average Bonchev–Trinajstić information content (AvgIpc) is 2.63. The van der Waals surface area contributed by atoms with E-state index in [2.05, 4.69) is 36.1 Å². The van der Waals surface area contributed by atoms with E-state index in [1.807, 2.05) is 6.07 Å². The van der Waals surface area contributed by atoms with Crippen LogP contribution in [0.3, 0.4) is 0 Å². The lowest BCUT2D eigenvalue weighted by atomic mass is 10.00. The number of likely N-dealkylation sites (tertiary alicyclic amines) is 1. The van der Waals surface area contributed by atoms with Gasteiger partial charge in [0.2, 0.25) is 0 Å². The first-order valence-corrected chi connectivity index (χ1v) is 5.64. The Morgan fingerprint density at radius 3 is 2.73 bits per heavy atom. The van der Waals surface area contributed by atoms with E-state index in [0.717, 1.165) is 19.5 Å². The van der Waals surface area contributed by atoms with Gasteiger partial charge in [-0.1, -0.05) is 30.3 Å². The van der Waals surface area contributed by atoms with Crippen LogP contribution in [0.1, 0.15) is 25.3 Å². The molecule has 1 aromatic rings. The molecule has 1 fully saturated rings. The highest BCUT2D eigenvalue weighted by Crippen LogP contribution is 2.29. The number of hydrogen-bond donors (Lipinski definition) is 1. The van der Waals surface area contributed by atoms with Crippen LogP contribution in [0.5, 0.6) is 0 Å². The summed E-state index contributed by atoms with van der Waals surface area (Å²) in [5.41, 5.74) is 1.33. The molecule has 1 aliphatic rings. The number of aliphatic hydroxyl groups is 1. The third kappa shape index (κ3) is 2.21. The highest BCUT2D eigenvalue weighted by molar-refractivity contribution is 5.15. The first kappa shape index (κ1) is 10.7. The lowest BCUT2D eigenvalue weighted by Gasteiger charge is -2.33. The highest BCUT2D eigenvalue weighted by Gasteiger charge is 2.35. The Kier molecular flexibility index (Phi) is 3.08. The van der Waals surface area contributed by atoms with Crippen molar-refractivity contribution in [1.29, 1.82) is 0 Å². The van der Waals surface area contributed by atoms with Crippen molar-refractivity contribution < 1.29 is 5.11 Å². The molecule has 0 amide bonds. The van der Waals surface area contributed by atoms with Crippen LogP contribution in [0, 0.1) is 0 Å². The maximum atomic E-state index is 9.43. The molecule has 0 radical (unpaired) electrons. The topological polar surface area (TPSA) is 23.5 Å². The summed E-state index contributed by atoms with van der Waals surface area (Å²) >= 11 is 0. The minimum atomic E-state index is -0.00413. The molecule has 0 bridgehead atoms. The van der Waals surface area contributed by atoms with Gasteiger partial charge in [0.15, 0.2) is 0 Å². The molecule has 1 unspecified atom stereocenters.